The van der Waals surface area contributed by atoms with Crippen molar-refractivity contribution >= 4 is 39.1 Å². The summed E-state index contributed by atoms with van der Waals surface area (Å²) in [4.78, 5) is 13.8. The highest BCUT2D eigenvalue weighted by molar-refractivity contribution is 7.89. The minimum atomic E-state index is -4.14. The van der Waals surface area contributed by atoms with Crippen LogP contribution in [0.5, 0.6) is 11.5 Å². The third-order valence-corrected chi connectivity index (χ3v) is 5.49. The highest BCUT2D eigenvalue weighted by atomic mass is 35.5. The number of nitrogens with one attached hydrogen (secondary N) is 2. The summed E-state index contributed by atoms with van der Waals surface area (Å²) >= 11 is 11.8. The summed E-state index contributed by atoms with van der Waals surface area (Å²) in [6.07, 6.45) is 0. The summed E-state index contributed by atoms with van der Waals surface area (Å²) in [5.41, 5.74) is 2.30. The summed E-state index contributed by atoms with van der Waals surface area (Å²) in [6.45, 7) is 0.798. The fourth-order valence-electron chi connectivity index (χ4n) is 2.16. The number of carbonyl (C=O) groups is 1. The van der Waals surface area contributed by atoms with E-state index in [2.05, 4.69) is 5.43 Å². The smallest absolute Gasteiger partial charge is 0.266 e. The van der Waals surface area contributed by atoms with Crippen LogP contribution in [-0.2, 0) is 10.0 Å². The number of hydrogen-bond acceptors (Lipinski definition) is 5. The molecule has 2 N–H and O–H groups in total. The molecule has 0 fully saturated rings. The molecule has 1 aliphatic heterocycles. The molecule has 25 heavy (non-hydrogen) atoms. The molecule has 0 saturated carbocycles. The van der Waals surface area contributed by atoms with Crippen LogP contribution in [0.1, 0.15) is 10.4 Å². The Morgan fingerprint density at radius 2 is 1.64 bits per heavy atom. The number of ether oxygens (including phenoxy) is 2. The van der Waals surface area contributed by atoms with E-state index in [9.17, 15) is 13.2 Å². The predicted molar refractivity (Wildman–Crippen MR) is 91.7 cm³/mol. The molecule has 1 aliphatic rings. The molecule has 0 atom stereocenters. The first-order valence-corrected chi connectivity index (χ1v) is 9.28. The van der Waals surface area contributed by atoms with E-state index in [1.807, 2.05) is 4.83 Å². The van der Waals surface area contributed by atoms with Crippen molar-refractivity contribution in [2.75, 3.05) is 13.2 Å². The van der Waals surface area contributed by atoms with Gasteiger partial charge in [0.05, 0.1) is 10.0 Å². The second-order valence-electron chi connectivity index (χ2n) is 4.97. The van der Waals surface area contributed by atoms with E-state index in [1.54, 1.807) is 6.07 Å². The Morgan fingerprint density at radius 3 is 2.32 bits per heavy atom. The minimum absolute atomic E-state index is 0.0615. The average Bonchev–Trinajstić information content (AvgIpc) is 2.59. The van der Waals surface area contributed by atoms with Gasteiger partial charge in [0.15, 0.2) is 11.5 Å². The topological polar surface area (TPSA) is 93.7 Å². The van der Waals surface area contributed by atoms with Gasteiger partial charge in [-0.2, -0.15) is 0 Å². The summed E-state index contributed by atoms with van der Waals surface area (Å²) < 4.78 is 35.3. The average molecular weight is 403 g/mol. The van der Waals surface area contributed by atoms with Gasteiger partial charge in [-0.3, -0.25) is 10.2 Å². The van der Waals surface area contributed by atoms with E-state index in [0.717, 1.165) is 0 Å². The molecule has 0 radical (unpaired) electrons. The SMILES string of the molecule is O=C(NNS(=O)(=O)c1c(Cl)cccc1Cl)c1ccc2c(c1)OCCO2. The quantitative estimate of drug-likeness (QED) is 0.765. The van der Waals surface area contributed by atoms with Gasteiger partial charge in [-0.05, 0) is 30.3 Å². The highest BCUT2D eigenvalue weighted by Gasteiger charge is 2.23. The zero-order chi connectivity index (χ0) is 18.0. The van der Waals surface area contributed by atoms with Crippen molar-refractivity contribution in [1.82, 2.24) is 10.3 Å². The van der Waals surface area contributed by atoms with Crippen LogP contribution in [-0.4, -0.2) is 27.5 Å². The Balaban J connectivity index is 1.76. The molecule has 7 nitrogen and oxygen atoms in total. The molecular weight excluding hydrogens is 391 g/mol. The first-order chi connectivity index (χ1) is 11.9. The Morgan fingerprint density at radius 1 is 1.00 bits per heavy atom. The molecule has 0 bridgehead atoms. The molecule has 1 amide bonds. The molecule has 0 spiro atoms. The first-order valence-electron chi connectivity index (χ1n) is 7.04. The van der Waals surface area contributed by atoms with Gasteiger partial charge in [0.1, 0.15) is 18.1 Å². The monoisotopic (exact) mass is 402 g/mol. The molecule has 3 rings (SSSR count). The highest BCUT2D eigenvalue weighted by Crippen LogP contribution is 2.31. The van der Waals surface area contributed by atoms with E-state index < -0.39 is 15.9 Å². The number of fused-ring (bicyclic) bond motifs is 1. The van der Waals surface area contributed by atoms with Gasteiger partial charge in [0, 0.05) is 5.56 Å². The van der Waals surface area contributed by atoms with Crippen molar-refractivity contribution in [2.45, 2.75) is 4.90 Å². The fourth-order valence-corrected chi connectivity index (χ4v) is 4.15. The van der Waals surface area contributed by atoms with Gasteiger partial charge in [-0.25, -0.2) is 8.42 Å². The molecule has 0 unspecified atom stereocenters. The molecule has 132 valence electrons. The number of amides is 1. The molecular formula is C15H12Cl2N2O5S. The zero-order valence-corrected chi connectivity index (χ0v) is 14.9. The van der Waals surface area contributed by atoms with Crippen LogP contribution in [0, 0.1) is 0 Å². The molecule has 1 heterocycles. The van der Waals surface area contributed by atoms with Crippen molar-refractivity contribution in [3.63, 3.8) is 0 Å². The van der Waals surface area contributed by atoms with Gasteiger partial charge in [0.2, 0.25) is 0 Å². The largest absolute Gasteiger partial charge is 0.486 e. The first kappa shape index (κ1) is 17.8. The maximum atomic E-state index is 12.3. The Bertz CT molecular complexity index is 913. The molecule has 2 aromatic rings. The second kappa shape index (κ2) is 7.09. The second-order valence-corrected chi connectivity index (χ2v) is 7.40. The Labute approximate surface area is 153 Å². The van der Waals surface area contributed by atoms with Crippen molar-refractivity contribution < 1.29 is 22.7 Å². The van der Waals surface area contributed by atoms with Crippen molar-refractivity contribution in [3.8, 4) is 11.5 Å². The Hall–Kier alpha value is -2.00. The summed E-state index contributed by atoms with van der Waals surface area (Å²) in [5, 5.41) is -0.123. The number of carbonyl (C=O) groups excluding carboxylic acids is 1. The number of halogens is 2. The number of hydrazine groups is 1. The van der Waals surface area contributed by atoms with Crippen LogP contribution in [0.15, 0.2) is 41.3 Å². The number of rotatable bonds is 4. The fraction of sp³-hybridized carbons (Fsp3) is 0.133. The standard InChI is InChI=1S/C15H12Cl2N2O5S/c16-10-2-1-3-11(17)14(10)25(21,22)19-18-15(20)9-4-5-12-13(8-9)24-7-6-23-12/h1-5,8,19H,6-7H2,(H,18,20). The van der Waals surface area contributed by atoms with E-state index >= 15 is 0 Å². The van der Waals surface area contributed by atoms with Gasteiger partial charge < -0.3 is 9.47 Å². The van der Waals surface area contributed by atoms with Gasteiger partial charge in [-0.1, -0.05) is 29.3 Å². The molecule has 0 saturated heterocycles. The van der Waals surface area contributed by atoms with Crippen LogP contribution in [0.4, 0.5) is 0 Å². The van der Waals surface area contributed by atoms with Crippen LogP contribution in [0.2, 0.25) is 10.0 Å². The van der Waals surface area contributed by atoms with E-state index in [4.69, 9.17) is 32.7 Å². The van der Waals surface area contributed by atoms with Crippen molar-refractivity contribution in [3.05, 3.63) is 52.0 Å². The third-order valence-electron chi connectivity index (χ3n) is 3.29. The predicted octanol–water partition coefficient (Wildman–Crippen LogP) is 2.39. The third kappa shape index (κ3) is 3.82. The maximum Gasteiger partial charge on any atom is 0.266 e. The van der Waals surface area contributed by atoms with Crippen LogP contribution >= 0.6 is 23.2 Å². The summed E-state index contributed by atoms with van der Waals surface area (Å²) in [6, 6.07) is 8.79. The molecule has 10 heteroatoms. The number of sulfonamides is 1. The molecule has 0 aliphatic carbocycles. The van der Waals surface area contributed by atoms with Gasteiger partial charge in [-0.15, -0.1) is 4.83 Å². The lowest BCUT2D eigenvalue weighted by molar-refractivity contribution is 0.0944. The van der Waals surface area contributed by atoms with Crippen molar-refractivity contribution in [2.24, 2.45) is 0 Å². The van der Waals surface area contributed by atoms with Gasteiger partial charge >= 0.3 is 0 Å². The van der Waals surface area contributed by atoms with Crippen LogP contribution in [0.3, 0.4) is 0 Å². The Kier molecular flexibility index (Phi) is 5.05. The summed E-state index contributed by atoms with van der Waals surface area (Å²) in [5.74, 6) is 0.255. The number of hydrogen-bond donors (Lipinski definition) is 2. The lowest BCUT2D eigenvalue weighted by Crippen LogP contribution is -2.41. The summed E-state index contributed by atoms with van der Waals surface area (Å²) in [7, 11) is -4.14. The van der Waals surface area contributed by atoms with E-state index in [0.29, 0.717) is 24.7 Å². The van der Waals surface area contributed by atoms with E-state index in [-0.39, 0.29) is 20.5 Å². The maximum absolute atomic E-state index is 12.3. The zero-order valence-electron chi connectivity index (χ0n) is 12.6. The van der Waals surface area contributed by atoms with E-state index in [1.165, 1.54) is 30.3 Å². The molecule has 0 aromatic heterocycles. The minimum Gasteiger partial charge on any atom is -0.486 e. The van der Waals surface area contributed by atoms with Crippen LogP contribution < -0.4 is 19.7 Å². The van der Waals surface area contributed by atoms with Crippen LogP contribution in [0.25, 0.3) is 0 Å². The molecule has 2 aromatic carbocycles. The van der Waals surface area contributed by atoms with Gasteiger partial charge in [0.25, 0.3) is 15.9 Å². The number of benzene rings is 2. The normalized spacial score (nSPS) is 13.4. The lowest BCUT2D eigenvalue weighted by Gasteiger charge is -2.18. The van der Waals surface area contributed by atoms with Crippen molar-refractivity contribution in [1.29, 1.82) is 0 Å². The lowest BCUT2D eigenvalue weighted by atomic mass is 10.2.